The van der Waals surface area contributed by atoms with E-state index in [0.717, 1.165) is 12.1 Å². The van der Waals surface area contributed by atoms with Crippen LogP contribution in [0.5, 0.6) is 0 Å². The maximum atomic E-state index is 11.9. The van der Waals surface area contributed by atoms with Crippen molar-refractivity contribution in [3.05, 3.63) is 41.6 Å². The van der Waals surface area contributed by atoms with Crippen LogP contribution in [0.15, 0.2) is 36.0 Å². The van der Waals surface area contributed by atoms with Gasteiger partial charge in [0.05, 0.1) is 18.2 Å². The Labute approximate surface area is 157 Å². The Hall–Kier alpha value is -2.28. The molecule has 140 valence electrons. The molecule has 1 aromatic rings. The first kappa shape index (κ1) is 20.0. The summed E-state index contributed by atoms with van der Waals surface area (Å²) >= 11 is 0. The van der Waals surface area contributed by atoms with E-state index < -0.39 is 11.6 Å². The predicted octanol–water partition coefficient (Wildman–Crippen LogP) is 5.53. The third-order valence-corrected chi connectivity index (χ3v) is 5.34. The Morgan fingerprint density at radius 2 is 1.92 bits per heavy atom. The number of carbonyl (C=O) groups excluding carboxylic acids is 1. The summed E-state index contributed by atoms with van der Waals surface area (Å²) in [5, 5.41) is 12.5. The van der Waals surface area contributed by atoms with Crippen molar-refractivity contribution < 1.29 is 9.53 Å². The van der Waals surface area contributed by atoms with Gasteiger partial charge in [0.15, 0.2) is 5.60 Å². The quantitative estimate of drug-likeness (QED) is 0.592. The number of benzene rings is 1. The monoisotopic (exact) mass is 354 g/mol. The van der Waals surface area contributed by atoms with Gasteiger partial charge in [-0.3, -0.25) is 0 Å². The Balaban J connectivity index is 2.18. The molecule has 2 unspecified atom stereocenters. The molecule has 1 heterocycles. The number of nitriles is 1. The number of esters is 1. The molecule has 0 aliphatic carbocycles. The van der Waals surface area contributed by atoms with E-state index in [4.69, 9.17) is 4.74 Å². The van der Waals surface area contributed by atoms with E-state index in [1.807, 2.05) is 26.0 Å². The number of hydrogen-bond acceptors (Lipinski definition) is 4. The molecule has 0 aromatic heterocycles. The number of rotatable bonds is 9. The summed E-state index contributed by atoms with van der Waals surface area (Å²) in [6, 6.07) is 10.6. The second-order valence-electron chi connectivity index (χ2n) is 7.35. The number of nitrogens with one attached hydrogen (secondary N) is 1. The van der Waals surface area contributed by atoms with Gasteiger partial charge in [-0.2, -0.15) is 5.26 Å². The van der Waals surface area contributed by atoms with Crippen molar-refractivity contribution in [1.82, 2.24) is 0 Å². The van der Waals surface area contributed by atoms with Gasteiger partial charge < -0.3 is 10.1 Å². The van der Waals surface area contributed by atoms with E-state index in [-0.39, 0.29) is 12.3 Å². The van der Waals surface area contributed by atoms with E-state index in [9.17, 15) is 10.1 Å². The number of ether oxygens (including phenoxy) is 1. The lowest BCUT2D eigenvalue weighted by molar-refractivity contribution is -0.149. The van der Waals surface area contributed by atoms with E-state index in [0.29, 0.717) is 11.6 Å². The van der Waals surface area contributed by atoms with Crippen LogP contribution >= 0.6 is 0 Å². The van der Waals surface area contributed by atoms with Crippen LogP contribution in [-0.4, -0.2) is 11.6 Å². The highest BCUT2D eigenvalue weighted by Crippen LogP contribution is 2.38. The highest BCUT2D eigenvalue weighted by molar-refractivity contribution is 5.88. The third kappa shape index (κ3) is 4.27. The molecule has 0 fully saturated rings. The zero-order valence-electron chi connectivity index (χ0n) is 16.3. The van der Waals surface area contributed by atoms with Crippen LogP contribution in [0, 0.1) is 17.2 Å². The normalized spacial score (nSPS) is 20.5. The molecule has 0 saturated carbocycles. The number of nitrogens with zero attached hydrogens (tertiary/aromatic N) is 1. The minimum atomic E-state index is -0.891. The molecule has 1 aliphatic rings. The third-order valence-electron chi connectivity index (χ3n) is 5.34. The molecule has 0 bridgehead atoms. The van der Waals surface area contributed by atoms with Crippen LogP contribution in [0.4, 0.5) is 5.69 Å². The van der Waals surface area contributed by atoms with Crippen LogP contribution in [0.1, 0.15) is 71.3 Å². The highest BCUT2D eigenvalue weighted by Gasteiger charge is 2.46. The zero-order valence-corrected chi connectivity index (χ0v) is 16.3. The molecule has 0 amide bonds. The second kappa shape index (κ2) is 8.89. The summed E-state index contributed by atoms with van der Waals surface area (Å²) in [6.07, 6.45) is 6.43. The van der Waals surface area contributed by atoms with E-state index >= 15 is 0 Å². The standard InChI is InChI=1S/C22H30N2O2/c1-5-7-8-17(6-2)18-9-11-19(12-10-18)24-20-15-21(25)26-22(20,13-14-23)16(3)4/h9-12,15-17,24H,5-8,13H2,1-4H3. The Kier molecular flexibility index (Phi) is 6.85. The number of carbonyl (C=O) groups is 1. The van der Waals surface area contributed by atoms with Crippen LogP contribution in [0.25, 0.3) is 0 Å². The van der Waals surface area contributed by atoms with E-state index in [1.54, 1.807) is 0 Å². The van der Waals surface area contributed by atoms with Crippen LogP contribution in [0.3, 0.4) is 0 Å². The molecule has 0 saturated heterocycles. The summed E-state index contributed by atoms with van der Waals surface area (Å²) < 4.78 is 5.54. The predicted molar refractivity (Wildman–Crippen MR) is 105 cm³/mol. The molecule has 1 aliphatic heterocycles. The SMILES string of the molecule is CCCCC(CC)c1ccc(NC2=CC(=O)OC2(CC#N)C(C)C)cc1. The van der Waals surface area contributed by atoms with Gasteiger partial charge in [0.2, 0.25) is 0 Å². The molecular formula is C22H30N2O2. The lowest BCUT2D eigenvalue weighted by Gasteiger charge is -2.33. The number of unbranched alkanes of at least 4 members (excludes halogenated alkanes) is 1. The second-order valence-corrected chi connectivity index (χ2v) is 7.35. The van der Waals surface area contributed by atoms with Crippen molar-refractivity contribution in [3.63, 3.8) is 0 Å². The molecule has 26 heavy (non-hydrogen) atoms. The van der Waals surface area contributed by atoms with Gasteiger partial charge in [-0.1, -0.05) is 52.7 Å². The summed E-state index contributed by atoms with van der Waals surface area (Å²) in [7, 11) is 0. The van der Waals surface area contributed by atoms with Crippen LogP contribution < -0.4 is 5.32 Å². The van der Waals surface area contributed by atoms with Crippen molar-refractivity contribution in [2.75, 3.05) is 5.32 Å². The number of anilines is 1. The first-order valence-corrected chi connectivity index (χ1v) is 9.65. The van der Waals surface area contributed by atoms with Gasteiger partial charge in [0, 0.05) is 11.8 Å². The molecule has 0 radical (unpaired) electrons. The Morgan fingerprint density at radius 1 is 1.23 bits per heavy atom. The summed E-state index contributed by atoms with van der Waals surface area (Å²) in [5.74, 6) is 0.205. The first-order valence-electron chi connectivity index (χ1n) is 9.65. The number of hydrogen-bond donors (Lipinski definition) is 1. The summed E-state index contributed by atoms with van der Waals surface area (Å²) in [6.45, 7) is 8.39. The minimum Gasteiger partial charge on any atom is -0.448 e. The fourth-order valence-corrected chi connectivity index (χ4v) is 3.58. The highest BCUT2D eigenvalue weighted by atomic mass is 16.6. The summed E-state index contributed by atoms with van der Waals surface area (Å²) in [5.41, 5.74) is 2.04. The fraction of sp³-hybridized carbons (Fsp3) is 0.545. The lowest BCUT2D eigenvalue weighted by atomic mass is 9.84. The molecule has 2 rings (SSSR count). The minimum absolute atomic E-state index is 0.00476. The Morgan fingerprint density at radius 3 is 2.46 bits per heavy atom. The molecule has 4 nitrogen and oxygen atoms in total. The topological polar surface area (TPSA) is 62.1 Å². The van der Waals surface area contributed by atoms with Gasteiger partial charge >= 0.3 is 5.97 Å². The lowest BCUT2D eigenvalue weighted by Crippen LogP contribution is -2.40. The average Bonchev–Trinajstić information content (AvgIpc) is 2.93. The maximum absolute atomic E-state index is 11.9. The molecule has 0 spiro atoms. The van der Waals surface area contributed by atoms with Crippen LogP contribution in [0.2, 0.25) is 0 Å². The van der Waals surface area contributed by atoms with E-state index in [1.165, 1.54) is 30.9 Å². The fourth-order valence-electron chi connectivity index (χ4n) is 3.58. The van der Waals surface area contributed by atoms with E-state index in [2.05, 4.69) is 37.4 Å². The van der Waals surface area contributed by atoms with Gasteiger partial charge in [-0.15, -0.1) is 0 Å². The molecular weight excluding hydrogens is 324 g/mol. The first-order chi connectivity index (χ1) is 12.5. The molecule has 2 atom stereocenters. The smallest absolute Gasteiger partial charge is 0.333 e. The van der Waals surface area contributed by atoms with Gasteiger partial charge in [0.25, 0.3) is 0 Å². The van der Waals surface area contributed by atoms with Crippen molar-refractivity contribution in [3.8, 4) is 6.07 Å². The van der Waals surface area contributed by atoms with Crippen molar-refractivity contribution in [2.24, 2.45) is 5.92 Å². The zero-order chi connectivity index (χ0) is 19.2. The van der Waals surface area contributed by atoms with Crippen molar-refractivity contribution in [1.29, 1.82) is 5.26 Å². The largest absolute Gasteiger partial charge is 0.448 e. The van der Waals surface area contributed by atoms with Gasteiger partial charge in [-0.25, -0.2) is 4.79 Å². The van der Waals surface area contributed by atoms with Gasteiger partial charge in [0.1, 0.15) is 0 Å². The molecule has 1 aromatic carbocycles. The van der Waals surface area contributed by atoms with Crippen LogP contribution in [-0.2, 0) is 9.53 Å². The Bertz CT molecular complexity index is 685. The molecule has 1 N–H and O–H groups in total. The van der Waals surface area contributed by atoms with Gasteiger partial charge in [-0.05, 0) is 42.4 Å². The average molecular weight is 354 g/mol. The van der Waals surface area contributed by atoms with Crippen molar-refractivity contribution >= 4 is 11.7 Å². The molecule has 4 heteroatoms. The number of cyclic esters (lactones) is 1. The maximum Gasteiger partial charge on any atom is 0.333 e. The van der Waals surface area contributed by atoms with Crippen molar-refractivity contribution in [2.45, 2.75) is 71.3 Å². The summed E-state index contributed by atoms with van der Waals surface area (Å²) in [4.78, 5) is 11.9.